The Morgan fingerprint density at radius 2 is 1.96 bits per heavy atom. The quantitative estimate of drug-likeness (QED) is 0.754. The predicted octanol–water partition coefficient (Wildman–Crippen LogP) is 4.96. The molecule has 5 nitrogen and oxygen atoms in total. The summed E-state index contributed by atoms with van der Waals surface area (Å²) in [5.74, 6) is -2.27. The first-order chi connectivity index (χ1) is 11.6. The van der Waals surface area contributed by atoms with Crippen molar-refractivity contribution >= 4 is 29.2 Å². The molecule has 130 valence electrons. The molecule has 0 aliphatic rings. The second-order valence-corrected chi connectivity index (χ2v) is 6.46. The molecule has 0 bridgehead atoms. The van der Waals surface area contributed by atoms with Gasteiger partial charge >= 0.3 is 6.09 Å². The number of carbonyl (C=O) groups is 1. The summed E-state index contributed by atoms with van der Waals surface area (Å²) in [4.78, 5) is 17.5. The van der Waals surface area contributed by atoms with E-state index in [4.69, 9.17) is 21.6 Å². The molecule has 0 aliphatic carbocycles. The minimum Gasteiger partial charge on any atom is -0.443 e. The lowest BCUT2D eigenvalue weighted by atomic mass is 10.2. The Morgan fingerprint density at radius 3 is 2.48 bits per heavy atom. The van der Waals surface area contributed by atoms with Crippen LogP contribution in [0.3, 0.4) is 0 Å². The number of pyridine rings is 1. The minimum absolute atomic E-state index is 0.0188. The van der Waals surface area contributed by atoms with Crippen molar-refractivity contribution in [2.24, 2.45) is 0 Å². The normalized spacial score (nSPS) is 10.9. The van der Waals surface area contributed by atoms with Crippen molar-refractivity contribution in [1.82, 2.24) is 4.98 Å². The van der Waals surface area contributed by atoms with E-state index >= 15 is 0 Å². The van der Waals surface area contributed by atoms with Crippen molar-refractivity contribution in [2.75, 3.05) is 4.90 Å². The van der Waals surface area contributed by atoms with Crippen LogP contribution in [0.4, 0.5) is 25.1 Å². The van der Waals surface area contributed by atoms with Gasteiger partial charge in [0.05, 0.1) is 16.3 Å². The van der Waals surface area contributed by atoms with Crippen LogP contribution in [0.15, 0.2) is 30.5 Å². The van der Waals surface area contributed by atoms with Gasteiger partial charge in [0.25, 0.3) is 0 Å². The molecule has 0 N–H and O–H groups in total. The third kappa shape index (κ3) is 4.43. The zero-order chi connectivity index (χ0) is 18.8. The van der Waals surface area contributed by atoms with E-state index in [2.05, 4.69) is 4.98 Å². The lowest BCUT2D eigenvalue weighted by molar-refractivity contribution is 0.0598. The van der Waals surface area contributed by atoms with E-state index in [0.717, 1.165) is 17.0 Å². The zero-order valence-corrected chi connectivity index (χ0v) is 14.4. The highest BCUT2D eigenvalue weighted by molar-refractivity contribution is 6.33. The molecule has 25 heavy (non-hydrogen) atoms. The average molecular weight is 366 g/mol. The Morgan fingerprint density at radius 1 is 1.28 bits per heavy atom. The van der Waals surface area contributed by atoms with Gasteiger partial charge in [-0.15, -0.1) is 0 Å². The maximum atomic E-state index is 13.6. The van der Waals surface area contributed by atoms with Gasteiger partial charge in [-0.1, -0.05) is 11.6 Å². The number of carbonyl (C=O) groups excluding carboxylic acids is 1. The first-order valence-corrected chi connectivity index (χ1v) is 7.54. The van der Waals surface area contributed by atoms with Gasteiger partial charge in [-0.3, -0.25) is 0 Å². The molecule has 0 radical (unpaired) electrons. The summed E-state index contributed by atoms with van der Waals surface area (Å²) in [5.41, 5.74) is -0.678. The van der Waals surface area contributed by atoms with Crippen molar-refractivity contribution in [3.63, 3.8) is 0 Å². The number of nitriles is 1. The summed E-state index contributed by atoms with van der Waals surface area (Å²) in [5, 5.41) is 8.87. The van der Waals surface area contributed by atoms with Gasteiger partial charge < -0.3 is 4.74 Å². The summed E-state index contributed by atoms with van der Waals surface area (Å²) < 4.78 is 32.2. The van der Waals surface area contributed by atoms with Crippen LogP contribution in [0.25, 0.3) is 0 Å². The van der Waals surface area contributed by atoms with E-state index in [1.165, 1.54) is 18.3 Å². The van der Waals surface area contributed by atoms with E-state index in [-0.39, 0.29) is 22.1 Å². The number of halogens is 3. The Kier molecular flexibility index (Phi) is 5.24. The number of nitrogens with zero attached hydrogens (tertiary/aromatic N) is 3. The molecule has 1 heterocycles. The van der Waals surface area contributed by atoms with E-state index in [0.29, 0.717) is 0 Å². The van der Waals surface area contributed by atoms with Gasteiger partial charge in [0.2, 0.25) is 0 Å². The van der Waals surface area contributed by atoms with E-state index in [9.17, 15) is 13.6 Å². The third-order valence-corrected chi connectivity index (χ3v) is 3.18. The van der Waals surface area contributed by atoms with Crippen molar-refractivity contribution < 1.29 is 18.3 Å². The molecule has 8 heteroatoms. The Labute approximate surface area is 148 Å². The monoisotopic (exact) mass is 365 g/mol. The fourth-order valence-electron chi connectivity index (χ4n) is 1.90. The van der Waals surface area contributed by atoms with Gasteiger partial charge in [0, 0.05) is 12.3 Å². The van der Waals surface area contributed by atoms with Gasteiger partial charge in [0.1, 0.15) is 11.7 Å². The fourth-order valence-corrected chi connectivity index (χ4v) is 2.15. The SMILES string of the molecule is CC(C)(C)OC(=O)N(c1ccc(F)c(F)c1)c1ncc(C#N)cc1Cl. The second kappa shape index (κ2) is 7.03. The van der Waals surface area contributed by atoms with E-state index in [1.807, 2.05) is 6.07 Å². The standard InChI is InChI=1S/C17H14ClF2N3O2/c1-17(2,3)25-16(24)23(11-4-5-13(19)14(20)7-11)15-12(18)6-10(8-21)9-22-15/h4-7,9H,1-3H3. The first kappa shape index (κ1) is 18.6. The van der Waals surface area contributed by atoms with Crippen LogP contribution in [-0.2, 0) is 4.74 Å². The lowest BCUT2D eigenvalue weighted by Crippen LogP contribution is -2.34. The number of rotatable bonds is 2. The molecular weight excluding hydrogens is 352 g/mol. The molecule has 0 atom stereocenters. The van der Waals surface area contributed by atoms with Gasteiger partial charge in [-0.25, -0.2) is 23.5 Å². The number of aromatic nitrogens is 1. The molecule has 0 spiro atoms. The predicted molar refractivity (Wildman–Crippen MR) is 88.7 cm³/mol. The third-order valence-electron chi connectivity index (χ3n) is 2.90. The summed E-state index contributed by atoms with van der Waals surface area (Å²) >= 11 is 6.11. The highest BCUT2D eigenvalue weighted by Gasteiger charge is 2.28. The van der Waals surface area contributed by atoms with E-state index < -0.39 is 23.3 Å². The minimum atomic E-state index is -1.14. The summed E-state index contributed by atoms with van der Waals surface area (Å²) in [6, 6.07) is 6.07. The molecule has 0 saturated carbocycles. The van der Waals surface area contributed by atoms with Gasteiger partial charge in [0.15, 0.2) is 17.5 Å². The maximum Gasteiger partial charge on any atom is 0.420 e. The molecular formula is C17H14ClF2N3O2. The molecule has 0 aliphatic heterocycles. The van der Waals surface area contributed by atoms with Gasteiger partial charge in [-0.05, 0) is 39.0 Å². The van der Waals surface area contributed by atoms with E-state index in [1.54, 1.807) is 20.8 Å². The van der Waals surface area contributed by atoms with Crippen molar-refractivity contribution in [2.45, 2.75) is 26.4 Å². The molecule has 1 aromatic carbocycles. The summed E-state index contributed by atoms with van der Waals surface area (Å²) in [6.07, 6.45) is 0.330. The zero-order valence-electron chi connectivity index (χ0n) is 13.7. The Balaban J connectivity index is 2.58. The number of hydrogen-bond donors (Lipinski definition) is 0. The van der Waals surface area contributed by atoms with Crippen LogP contribution in [0.1, 0.15) is 26.3 Å². The van der Waals surface area contributed by atoms with Crippen LogP contribution in [0.2, 0.25) is 5.02 Å². The average Bonchev–Trinajstić information content (AvgIpc) is 2.50. The largest absolute Gasteiger partial charge is 0.443 e. The highest BCUT2D eigenvalue weighted by Crippen LogP contribution is 2.32. The smallest absolute Gasteiger partial charge is 0.420 e. The Bertz CT molecular complexity index is 860. The molecule has 1 amide bonds. The fraction of sp³-hybridized carbons (Fsp3) is 0.235. The van der Waals surface area contributed by atoms with Crippen molar-refractivity contribution in [1.29, 1.82) is 5.26 Å². The van der Waals surface area contributed by atoms with Gasteiger partial charge in [-0.2, -0.15) is 5.26 Å². The van der Waals surface area contributed by atoms with Crippen LogP contribution in [-0.4, -0.2) is 16.7 Å². The molecule has 2 rings (SSSR count). The lowest BCUT2D eigenvalue weighted by Gasteiger charge is -2.27. The number of anilines is 2. The highest BCUT2D eigenvalue weighted by atomic mass is 35.5. The number of ether oxygens (including phenoxy) is 1. The van der Waals surface area contributed by atoms with Crippen LogP contribution in [0.5, 0.6) is 0 Å². The van der Waals surface area contributed by atoms with Crippen LogP contribution < -0.4 is 4.90 Å². The molecule has 0 unspecified atom stereocenters. The molecule has 0 fully saturated rings. The topological polar surface area (TPSA) is 66.2 Å². The second-order valence-electron chi connectivity index (χ2n) is 6.06. The summed E-state index contributed by atoms with van der Waals surface area (Å²) in [6.45, 7) is 4.96. The van der Waals surface area contributed by atoms with Crippen molar-refractivity contribution in [3.05, 3.63) is 52.7 Å². The molecule has 2 aromatic rings. The molecule has 0 saturated heterocycles. The Hall–Kier alpha value is -2.72. The van der Waals surface area contributed by atoms with Crippen LogP contribution in [0, 0.1) is 23.0 Å². The molecule has 1 aromatic heterocycles. The number of hydrogen-bond acceptors (Lipinski definition) is 4. The number of amides is 1. The number of benzene rings is 1. The van der Waals surface area contributed by atoms with Crippen molar-refractivity contribution in [3.8, 4) is 6.07 Å². The summed E-state index contributed by atoms with van der Waals surface area (Å²) in [7, 11) is 0. The first-order valence-electron chi connectivity index (χ1n) is 7.16. The maximum absolute atomic E-state index is 13.6. The van der Waals surface area contributed by atoms with Crippen LogP contribution >= 0.6 is 11.6 Å².